The lowest BCUT2D eigenvalue weighted by molar-refractivity contribution is -0.133. The van der Waals surface area contributed by atoms with E-state index in [2.05, 4.69) is 13.8 Å². The fourth-order valence-electron chi connectivity index (χ4n) is 1.21. The molecule has 62 valence electrons. The zero-order valence-corrected chi connectivity index (χ0v) is 7.61. The monoisotopic (exact) mass is 172 g/mol. The van der Waals surface area contributed by atoms with Gasteiger partial charge < -0.3 is 4.74 Å². The van der Waals surface area contributed by atoms with Crippen LogP contribution in [-0.2, 0) is 9.53 Å². The summed E-state index contributed by atoms with van der Waals surface area (Å²) >= 11 is 4.92. The molecule has 0 bridgehead atoms. The van der Waals surface area contributed by atoms with Gasteiger partial charge in [-0.25, -0.2) is 0 Å². The summed E-state index contributed by atoms with van der Waals surface area (Å²) in [5.74, 6) is 0.483. The van der Waals surface area contributed by atoms with Crippen LogP contribution in [0, 0.1) is 11.8 Å². The van der Waals surface area contributed by atoms with E-state index in [-0.39, 0.29) is 11.9 Å². The van der Waals surface area contributed by atoms with Gasteiger partial charge in [-0.2, -0.15) is 0 Å². The van der Waals surface area contributed by atoms with Crippen molar-refractivity contribution in [1.82, 2.24) is 0 Å². The molecule has 0 aromatic carbocycles. The minimum absolute atomic E-state index is 0.166. The Kier molecular flexibility index (Phi) is 2.60. The number of thiocarbonyl (C=S) groups is 1. The van der Waals surface area contributed by atoms with Crippen molar-refractivity contribution in [3.05, 3.63) is 0 Å². The van der Waals surface area contributed by atoms with Crippen molar-refractivity contribution in [2.45, 2.75) is 26.7 Å². The minimum Gasteiger partial charge on any atom is -0.419 e. The fourth-order valence-corrected chi connectivity index (χ4v) is 1.62. The number of carbonyl (C=O) groups is 1. The first-order valence-electron chi connectivity index (χ1n) is 3.89. The van der Waals surface area contributed by atoms with Crippen LogP contribution in [-0.4, -0.2) is 11.0 Å². The molecule has 0 amide bonds. The first-order valence-corrected chi connectivity index (χ1v) is 4.30. The molecule has 1 saturated heterocycles. The third-order valence-electron chi connectivity index (χ3n) is 2.23. The standard InChI is InChI=1S/C8H12O2S/c1-3-5(2)6-4-7(9)10-8(6)11/h5-6H,3-4H2,1-2H3. The predicted molar refractivity (Wildman–Crippen MR) is 46.3 cm³/mol. The summed E-state index contributed by atoms with van der Waals surface area (Å²) < 4.78 is 4.79. The summed E-state index contributed by atoms with van der Waals surface area (Å²) in [6.07, 6.45) is 1.52. The van der Waals surface area contributed by atoms with Gasteiger partial charge in [-0.1, -0.05) is 20.3 Å². The summed E-state index contributed by atoms with van der Waals surface area (Å²) in [6.45, 7) is 4.19. The molecule has 3 heteroatoms. The van der Waals surface area contributed by atoms with Crippen LogP contribution in [0.15, 0.2) is 0 Å². The van der Waals surface area contributed by atoms with Gasteiger partial charge in [0.05, 0.1) is 6.42 Å². The maximum absolute atomic E-state index is 10.8. The van der Waals surface area contributed by atoms with Gasteiger partial charge in [-0.3, -0.25) is 4.79 Å². The van der Waals surface area contributed by atoms with Crippen molar-refractivity contribution < 1.29 is 9.53 Å². The zero-order chi connectivity index (χ0) is 8.43. The van der Waals surface area contributed by atoms with Gasteiger partial charge in [-0.15, -0.1) is 0 Å². The first kappa shape index (κ1) is 8.65. The lowest BCUT2D eigenvalue weighted by Gasteiger charge is -2.12. The SMILES string of the molecule is CCC(C)C1CC(=O)OC1=S. The molecule has 2 atom stereocenters. The van der Waals surface area contributed by atoms with Gasteiger partial charge in [0.25, 0.3) is 0 Å². The van der Waals surface area contributed by atoms with Gasteiger partial charge in [0, 0.05) is 5.92 Å². The average Bonchev–Trinajstić information content (AvgIpc) is 2.28. The second kappa shape index (κ2) is 3.30. The van der Waals surface area contributed by atoms with Crippen LogP contribution >= 0.6 is 12.2 Å². The van der Waals surface area contributed by atoms with E-state index >= 15 is 0 Å². The van der Waals surface area contributed by atoms with E-state index in [0.717, 1.165) is 6.42 Å². The number of ether oxygens (including phenoxy) is 1. The second-order valence-corrected chi connectivity index (χ2v) is 3.39. The van der Waals surface area contributed by atoms with Crippen molar-refractivity contribution in [1.29, 1.82) is 0 Å². The molecule has 1 aliphatic heterocycles. The Morgan fingerprint density at radius 2 is 2.45 bits per heavy atom. The molecule has 2 nitrogen and oxygen atoms in total. The smallest absolute Gasteiger partial charge is 0.312 e. The molecule has 1 heterocycles. The molecule has 0 aromatic rings. The molecule has 0 aliphatic carbocycles. The van der Waals surface area contributed by atoms with Crippen molar-refractivity contribution in [3.8, 4) is 0 Å². The van der Waals surface area contributed by atoms with Crippen LogP contribution in [0.1, 0.15) is 26.7 Å². The van der Waals surface area contributed by atoms with E-state index < -0.39 is 0 Å². The molecular formula is C8H12O2S. The summed E-state index contributed by atoms with van der Waals surface area (Å²) in [7, 11) is 0. The molecule has 1 rings (SSSR count). The van der Waals surface area contributed by atoms with Crippen LogP contribution in [0.4, 0.5) is 0 Å². The van der Waals surface area contributed by atoms with Crippen molar-refractivity contribution in [2.24, 2.45) is 11.8 Å². The minimum atomic E-state index is -0.166. The lowest BCUT2D eigenvalue weighted by Crippen LogP contribution is -2.14. The highest BCUT2D eigenvalue weighted by Crippen LogP contribution is 2.27. The normalized spacial score (nSPS) is 26.9. The van der Waals surface area contributed by atoms with E-state index in [0.29, 0.717) is 17.4 Å². The van der Waals surface area contributed by atoms with Crippen LogP contribution in [0.5, 0.6) is 0 Å². The predicted octanol–water partition coefficient (Wildman–Crippen LogP) is 1.92. The number of esters is 1. The Morgan fingerprint density at radius 1 is 1.82 bits per heavy atom. The fraction of sp³-hybridized carbons (Fsp3) is 0.750. The molecule has 0 spiro atoms. The van der Waals surface area contributed by atoms with Crippen molar-refractivity contribution >= 4 is 23.2 Å². The van der Waals surface area contributed by atoms with Gasteiger partial charge in [0.15, 0.2) is 5.05 Å². The van der Waals surface area contributed by atoms with E-state index in [1.54, 1.807) is 0 Å². The molecule has 0 saturated carbocycles. The highest BCUT2D eigenvalue weighted by molar-refractivity contribution is 7.80. The van der Waals surface area contributed by atoms with Gasteiger partial charge in [0.1, 0.15) is 0 Å². The Labute approximate surface area is 71.9 Å². The molecule has 0 radical (unpaired) electrons. The molecule has 2 unspecified atom stereocenters. The second-order valence-electron chi connectivity index (χ2n) is 2.99. The number of carbonyl (C=O) groups excluding carboxylic acids is 1. The van der Waals surface area contributed by atoms with Crippen LogP contribution in [0.3, 0.4) is 0 Å². The van der Waals surface area contributed by atoms with Gasteiger partial charge in [0.2, 0.25) is 0 Å². The van der Waals surface area contributed by atoms with Crippen LogP contribution < -0.4 is 0 Å². The number of hydrogen-bond donors (Lipinski definition) is 0. The third kappa shape index (κ3) is 1.77. The third-order valence-corrected chi connectivity index (χ3v) is 2.62. The van der Waals surface area contributed by atoms with E-state index in [9.17, 15) is 4.79 Å². The van der Waals surface area contributed by atoms with Crippen molar-refractivity contribution in [2.75, 3.05) is 0 Å². The first-order chi connectivity index (χ1) is 5.15. The Bertz CT molecular complexity index is 189. The van der Waals surface area contributed by atoms with E-state index in [4.69, 9.17) is 17.0 Å². The quantitative estimate of drug-likeness (QED) is 0.470. The maximum Gasteiger partial charge on any atom is 0.312 e. The topological polar surface area (TPSA) is 26.3 Å². The number of hydrogen-bond acceptors (Lipinski definition) is 3. The Hall–Kier alpha value is -0.440. The molecule has 11 heavy (non-hydrogen) atoms. The molecule has 0 aromatic heterocycles. The van der Waals surface area contributed by atoms with Crippen LogP contribution in [0.25, 0.3) is 0 Å². The highest BCUT2D eigenvalue weighted by Gasteiger charge is 2.32. The summed E-state index contributed by atoms with van der Waals surface area (Å²) in [5.41, 5.74) is 0. The highest BCUT2D eigenvalue weighted by atomic mass is 32.1. The molecule has 0 N–H and O–H groups in total. The number of rotatable bonds is 2. The van der Waals surface area contributed by atoms with Crippen LogP contribution in [0.2, 0.25) is 0 Å². The molecule has 1 fully saturated rings. The maximum atomic E-state index is 10.8. The summed E-state index contributed by atoms with van der Waals surface area (Å²) in [6, 6.07) is 0. The largest absolute Gasteiger partial charge is 0.419 e. The summed E-state index contributed by atoms with van der Waals surface area (Å²) in [4.78, 5) is 10.8. The Balaban J connectivity index is 2.59. The van der Waals surface area contributed by atoms with Gasteiger partial charge >= 0.3 is 5.97 Å². The lowest BCUT2D eigenvalue weighted by atomic mass is 9.91. The van der Waals surface area contributed by atoms with Crippen molar-refractivity contribution in [3.63, 3.8) is 0 Å². The average molecular weight is 172 g/mol. The number of cyclic esters (lactones) is 1. The van der Waals surface area contributed by atoms with Gasteiger partial charge in [-0.05, 0) is 18.1 Å². The molecule has 1 aliphatic rings. The Morgan fingerprint density at radius 3 is 2.82 bits per heavy atom. The van der Waals surface area contributed by atoms with E-state index in [1.165, 1.54) is 0 Å². The molecular weight excluding hydrogens is 160 g/mol. The van der Waals surface area contributed by atoms with E-state index in [1.807, 2.05) is 0 Å². The summed E-state index contributed by atoms with van der Waals surface area (Å²) in [5, 5.41) is 0.490. The zero-order valence-electron chi connectivity index (χ0n) is 6.79.